The van der Waals surface area contributed by atoms with Gasteiger partial charge < -0.3 is 9.64 Å². The first kappa shape index (κ1) is 9.01. The van der Waals surface area contributed by atoms with E-state index in [2.05, 4.69) is 30.0 Å². The third-order valence-electron chi connectivity index (χ3n) is 1.23. The fourth-order valence-corrected chi connectivity index (χ4v) is 0.655. The molecule has 0 amide bonds. The molecule has 0 aromatic heterocycles. The van der Waals surface area contributed by atoms with E-state index in [-0.39, 0.29) is 0 Å². The van der Waals surface area contributed by atoms with Gasteiger partial charge in [0.1, 0.15) is 0 Å². The number of thiocarbonyl (C=S) groups is 1. The van der Waals surface area contributed by atoms with Crippen LogP contribution in [0.4, 0.5) is 0 Å². The van der Waals surface area contributed by atoms with Crippen molar-refractivity contribution in [2.45, 2.75) is 0 Å². The zero-order valence-corrected chi connectivity index (χ0v) is 6.62. The molecule has 0 bridgehead atoms. The average molecular weight is 147 g/mol. The lowest BCUT2D eigenvalue weighted by molar-refractivity contribution is 0.0503. The molecule has 9 heavy (non-hydrogen) atoms. The van der Waals surface area contributed by atoms with Crippen molar-refractivity contribution in [3.05, 3.63) is 0 Å². The molecule has 3 heteroatoms. The highest BCUT2D eigenvalue weighted by Crippen LogP contribution is 1.89. The van der Waals surface area contributed by atoms with E-state index >= 15 is 0 Å². The largest absolute Gasteiger partial charge is 0.379 e. The van der Waals surface area contributed by atoms with Crippen LogP contribution in [0.1, 0.15) is 0 Å². The van der Waals surface area contributed by atoms with E-state index in [1.807, 2.05) is 0 Å². The van der Waals surface area contributed by atoms with Crippen LogP contribution in [0, 0.1) is 0 Å². The first-order chi connectivity index (χ1) is 4.39. The van der Waals surface area contributed by atoms with Crippen molar-refractivity contribution in [2.24, 2.45) is 0 Å². The van der Waals surface area contributed by atoms with Crippen molar-refractivity contribution in [1.29, 1.82) is 0 Å². The van der Waals surface area contributed by atoms with Gasteiger partial charge in [0.05, 0.1) is 13.2 Å². The zero-order chi connectivity index (χ0) is 7.11. The molecule has 1 aliphatic heterocycles. The van der Waals surface area contributed by atoms with Crippen LogP contribution >= 0.6 is 12.2 Å². The van der Waals surface area contributed by atoms with Gasteiger partial charge in [0.15, 0.2) is 0 Å². The first-order valence-electron chi connectivity index (χ1n) is 2.95. The summed E-state index contributed by atoms with van der Waals surface area (Å²) in [5.74, 6) is 2.83. The van der Waals surface area contributed by atoms with Crippen LogP contribution in [0.25, 0.3) is 0 Å². The molecule has 0 aromatic rings. The summed E-state index contributed by atoms with van der Waals surface area (Å²) in [7, 11) is 2.11. The van der Waals surface area contributed by atoms with Gasteiger partial charge in [-0.1, -0.05) is 12.2 Å². The van der Waals surface area contributed by atoms with Crippen LogP contribution in [0.2, 0.25) is 0 Å². The minimum Gasteiger partial charge on any atom is -0.379 e. The predicted molar refractivity (Wildman–Crippen MR) is 43.0 cm³/mol. The summed E-state index contributed by atoms with van der Waals surface area (Å²) in [5.41, 5.74) is 0. The van der Waals surface area contributed by atoms with Gasteiger partial charge in [-0.05, 0) is 12.9 Å². The maximum absolute atomic E-state index is 5.10. The van der Waals surface area contributed by atoms with Crippen LogP contribution in [-0.2, 0) is 4.74 Å². The molecule has 1 fully saturated rings. The molecule has 0 aromatic carbocycles. The van der Waals surface area contributed by atoms with Crippen molar-refractivity contribution in [2.75, 3.05) is 33.4 Å². The molecule has 0 radical (unpaired) electrons. The summed E-state index contributed by atoms with van der Waals surface area (Å²) in [5, 5.41) is 0. The molecular formula is C6H13NOS. The summed E-state index contributed by atoms with van der Waals surface area (Å²) in [4.78, 5) is 2.27. The Morgan fingerprint density at radius 1 is 1.33 bits per heavy atom. The van der Waals surface area contributed by atoms with Crippen molar-refractivity contribution in [3.63, 3.8) is 0 Å². The minimum absolute atomic E-state index is 0.913. The number of morpholine rings is 1. The summed E-state index contributed by atoms with van der Waals surface area (Å²) in [6.07, 6.45) is 0. The lowest BCUT2D eigenvalue weighted by Crippen LogP contribution is -2.32. The van der Waals surface area contributed by atoms with Gasteiger partial charge in [-0.2, -0.15) is 0 Å². The molecule has 0 saturated carbocycles. The summed E-state index contributed by atoms with van der Waals surface area (Å²) >= 11 is 3.83. The highest BCUT2D eigenvalue weighted by Gasteiger charge is 2.02. The van der Waals surface area contributed by atoms with Crippen molar-refractivity contribution in [3.8, 4) is 0 Å². The quantitative estimate of drug-likeness (QED) is 0.465. The first-order valence-corrected chi connectivity index (χ1v) is 3.52. The summed E-state index contributed by atoms with van der Waals surface area (Å²) in [6.45, 7) is 4.02. The van der Waals surface area contributed by atoms with E-state index in [1.54, 1.807) is 0 Å². The average Bonchev–Trinajstić information content (AvgIpc) is 1.94. The van der Waals surface area contributed by atoms with Gasteiger partial charge >= 0.3 is 0 Å². The van der Waals surface area contributed by atoms with E-state index in [1.165, 1.54) is 0 Å². The molecule has 0 aliphatic carbocycles. The Morgan fingerprint density at radius 3 is 2.00 bits per heavy atom. The zero-order valence-electron chi connectivity index (χ0n) is 5.80. The van der Waals surface area contributed by atoms with Gasteiger partial charge in [-0.3, -0.25) is 0 Å². The summed E-state index contributed by atoms with van der Waals surface area (Å²) < 4.78 is 5.10. The predicted octanol–water partition coefficient (Wildman–Crippen LogP) is 0.564. The molecule has 0 N–H and O–H groups in total. The Balaban J connectivity index is 0.000000291. The van der Waals surface area contributed by atoms with E-state index in [0.29, 0.717) is 0 Å². The molecule has 54 valence electrons. The molecule has 1 saturated heterocycles. The fourth-order valence-electron chi connectivity index (χ4n) is 0.655. The van der Waals surface area contributed by atoms with Crippen molar-refractivity contribution in [1.82, 2.24) is 4.90 Å². The van der Waals surface area contributed by atoms with Crippen LogP contribution < -0.4 is 0 Å². The Kier molecular flexibility index (Phi) is 6.14. The van der Waals surface area contributed by atoms with Crippen LogP contribution in [0.5, 0.6) is 0 Å². The second-order valence-corrected chi connectivity index (χ2v) is 1.92. The van der Waals surface area contributed by atoms with E-state index < -0.39 is 0 Å². The third-order valence-corrected chi connectivity index (χ3v) is 1.23. The lowest BCUT2D eigenvalue weighted by atomic mass is 10.5. The van der Waals surface area contributed by atoms with Crippen LogP contribution in [0.15, 0.2) is 0 Å². The maximum Gasteiger partial charge on any atom is 0.0594 e. The maximum atomic E-state index is 5.10. The van der Waals surface area contributed by atoms with Gasteiger partial charge in [0, 0.05) is 13.1 Å². The fraction of sp³-hybridized carbons (Fsp3) is 0.833. The molecule has 0 atom stereocenters. The second-order valence-electron chi connectivity index (χ2n) is 1.92. The lowest BCUT2D eigenvalue weighted by Gasteiger charge is -2.21. The Hall–Kier alpha value is 0.0100. The molecule has 0 spiro atoms. The number of nitrogens with zero attached hydrogens (tertiary/aromatic N) is 1. The van der Waals surface area contributed by atoms with Crippen molar-refractivity contribution >= 4 is 18.1 Å². The molecule has 1 rings (SSSR count). The normalized spacial score (nSPS) is 20.1. The third kappa shape index (κ3) is 4.51. The Bertz CT molecular complexity index is 64.1. The number of rotatable bonds is 0. The smallest absolute Gasteiger partial charge is 0.0594 e. The monoisotopic (exact) mass is 147 g/mol. The van der Waals surface area contributed by atoms with Crippen LogP contribution in [0.3, 0.4) is 0 Å². The Labute approximate surface area is 61.8 Å². The van der Waals surface area contributed by atoms with Gasteiger partial charge in [0.25, 0.3) is 0 Å². The number of ether oxygens (including phenoxy) is 1. The molecular weight excluding hydrogens is 134 g/mol. The minimum atomic E-state index is 0.913. The molecule has 1 heterocycles. The molecule has 1 aliphatic rings. The highest BCUT2D eigenvalue weighted by atomic mass is 32.1. The number of likely N-dealkylation sites (N-methyl/N-ethyl adjacent to an activating group) is 1. The summed E-state index contributed by atoms with van der Waals surface area (Å²) in [6, 6.07) is 0. The van der Waals surface area contributed by atoms with Gasteiger partial charge in [0.2, 0.25) is 0 Å². The van der Waals surface area contributed by atoms with Crippen LogP contribution in [-0.4, -0.2) is 44.1 Å². The van der Waals surface area contributed by atoms with E-state index in [4.69, 9.17) is 4.74 Å². The van der Waals surface area contributed by atoms with Gasteiger partial charge in [-0.25, -0.2) is 0 Å². The topological polar surface area (TPSA) is 12.5 Å². The molecule has 0 unspecified atom stereocenters. The second kappa shape index (κ2) is 6.13. The Morgan fingerprint density at radius 2 is 1.78 bits per heavy atom. The number of hydrogen-bond donors (Lipinski definition) is 0. The van der Waals surface area contributed by atoms with Crippen molar-refractivity contribution < 1.29 is 4.74 Å². The van der Waals surface area contributed by atoms with E-state index in [9.17, 15) is 0 Å². The van der Waals surface area contributed by atoms with E-state index in [0.717, 1.165) is 26.3 Å². The molecule has 2 nitrogen and oxygen atoms in total. The number of hydrogen-bond acceptors (Lipinski definition) is 3. The van der Waals surface area contributed by atoms with Gasteiger partial charge in [-0.15, -0.1) is 0 Å². The highest BCUT2D eigenvalue weighted by molar-refractivity contribution is 7.77. The SMILES string of the molecule is C=S.CN1CCOCC1. The standard InChI is InChI=1S/C5H11NO.CH2S/c1-6-2-4-7-5-3-6;1-2/h2-5H2,1H3;1H2.